The quantitative estimate of drug-likeness (QED) is 0.157. The number of carbonyl (C=O) groups is 1. The molecule has 0 fully saturated rings. The van der Waals surface area contributed by atoms with Crippen molar-refractivity contribution >= 4 is 34.5 Å². The summed E-state index contributed by atoms with van der Waals surface area (Å²) in [4.78, 5) is 21.8. The van der Waals surface area contributed by atoms with Crippen LogP contribution in [0, 0.1) is 6.92 Å². The van der Waals surface area contributed by atoms with Crippen LogP contribution in [0.25, 0.3) is 17.3 Å². The van der Waals surface area contributed by atoms with Gasteiger partial charge in [-0.25, -0.2) is 9.98 Å². The zero-order chi connectivity index (χ0) is 26.6. The van der Waals surface area contributed by atoms with E-state index < -0.39 is 0 Å². The Morgan fingerprint density at radius 1 is 1.05 bits per heavy atom. The average Bonchev–Trinajstić information content (AvgIpc) is 3.36. The van der Waals surface area contributed by atoms with Crippen molar-refractivity contribution in [3.63, 3.8) is 0 Å². The third-order valence-electron chi connectivity index (χ3n) is 5.92. The molecular weight excluding hydrogens is 480 g/mol. The molecule has 1 aromatic heterocycles. The number of hydrogen-bond acceptors (Lipinski definition) is 6. The largest absolute Gasteiger partial charge is 0.507 e. The van der Waals surface area contributed by atoms with Crippen molar-refractivity contribution in [2.75, 3.05) is 7.11 Å². The highest BCUT2D eigenvalue weighted by Gasteiger charge is 2.21. The van der Waals surface area contributed by atoms with E-state index in [0.29, 0.717) is 16.3 Å². The van der Waals surface area contributed by atoms with Gasteiger partial charge < -0.3 is 9.84 Å². The number of benzene rings is 3. The SMILES string of the molecule is COc1ccc(-c2csc(N=Cc3cc(/C=C/C(=O)c4ccc(C)cc4)cc(C(C)(C)C)c3O)n2)cc1. The maximum absolute atomic E-state index is 12.7. The summed E-state index contributed by atoms with van der Waals surface area (Å²) in [7, 11) is 1.64. The van der Waals surface area contributed by atoms with Crippen molar-refractivity contribution in [3.05, 3.63) is 99.9 Å². The molecule has 0 saturated carbocycles. The third kappa shape index (κ3) is 6.40. The summed E-state index contributed by atoms with van der Waals surface area (Å²) in [5, 5.41) is 13.6. The lowest BCUT2D eigenvalue weighted by molar-refractivity contribution is 0.104. The fourth-order valence-corrected chi connectivity index (χ4v) is 4.45. The zero-order valence-corrected chi connectivity index (χ0v) is 22.5. The van der Waals surface area contributed by atoms with E-state index in [1.807, 2.05) is 93.7 Å². The van der Waals surface area contributed by atoms with Gasteiger partial charge in [-0.3, -0.25) is 4.79 Å². The summed E-state index contributed by atoms with van der Waals surface area (Å²) in [6.45, 7) is 8.10. The Hall–Kier alpha value is -4.03. The number of allylic oxidation sites excluding steroid dienone is 1. The molecule has 3 aromatic carbocycles. The number of rotatable bonds is 7. The number of nitrogens with zero attached hydrogens (tertiary/aromatic N) is 2. The number of aromatic hydroxyl groups is 1. The molecule has 0 bridgehead atoms. The molecule has 0 aliphatic rings. The molecule has 0 atom stereocenters. The molecule has 5 nitrogen and oxygen atoms in total. The summed E-state index contributed by atoms with van der Waals surface area (Å²) >= 11 is 1.43. The van der Waals surface area contributed by atoms with E-state index in [9.17, 15) is 9.90 Å². The predicted octanol–water partition coefficient (Wildman–Crippen LogP) is 7.78. The maximum atomic E-state index is 12.7. The van der Waals surface area contributed by atoms with Gasteiger partial charge in [-0.15, -0.1) is 11.3 Å². The zero-order valence-electron chi connectivity index (χ0n) is 21.6. The second kappa shape index (κ2) is 10.9. The summed E-state index contributed by atoms with van der Waals surface area (Å²) in [6.07, 6.45) is 4.96. The van der Waals surface area contributed by atoms with Crippen molar-refractivity contribution in [1.82, 2.24) is 4.98 Å². The molecule has 1 heterocycles. The minimum atomic E-state index is -0.305. The Morgan fingerprint density at radius 3 is 2.41 bits per heavy atom. The Kier molecular flexibility index (Phi) is 7.69. The number of phenolic OH excluding ortho intramolecular Hbond substituents is 1. The van der Waals surface area contributed by atoms with Crippen LogP contribution in [0.15, 0.2) is 77.1 Å². The molecule has 0 unspecified atom stereocenters. The van der Waals surface area contributed by atoms with Crippen LogP contribution in [-0.2, 0) is 5.41 Å². The topological polar surface area (TPSA) is 71.8 Å². The first-order valence-electron chi connectivity index (χ1n) is 11.9. The minimum Gasteiger partial charge on any atom is -0.507 e. The van der Waals surface area contributed by atoms with E-state index in [-0.39, 0.29) is 16.9 Å². The molecule has 0 amide bonds. The first-order valence-corrected chi connectivity index (χ1v) is 12.8. The highest BCUT2D eigenvalue weighted by atomic mass is 32.1. The average molecular weight is 511 g/mol. The lowest BCUT2D eigenvalue weighted by atomic mass is 9.84. The van der Waals surface area contributed by atoms with E-state index in [4.69, 9.17) is 4.74 Å². The number of aromatic nitrogens is 1. The molecule has 1 N–H and O–H groups in total. The molecule has 0 saturated heterocycles. The second-order valence-electron chi connectivity index (χ2n) is 9.82. The van der Waals surface area contributed by atoms with E-state index in [1.54, 1.807) is 25.5 Å². The van der Waals surface area contributed by atoms with Gasteiger partial charge in [0.1, 0.15) is 11.5 Å². The van der Waals surface area contributed by atoms with Crippen LogP contribution >= 0.6 is 11.3 Å². The minimum absolute atomic E-state index is 0.0746. The van der Waals surface area contributed by atoms with Gasteiger partial charge in [-0.2, -0.15) is 0 Å². The molecule has 37 heavy (non-hydrogen) atoms. The van der Waals surface area contributed by atoms with E-state index in [1.165, 1.54) is 11.3 Å². The van der Waals surface area contributed by atoms with Crippen molar-refractivity contribution in [1.29, 1.82) is 0 Å². The highest BCUT2D eigenvalue weighted by molar-refractivity contribution is 7.13. The number of carbonyl (C=O) groups excluding carboxylic acids is 1. The molecule has 4 rings (SSSR count). The standard InChI is InChI=1S/C31H30N2O3S/c1-20-6-9-23(10-7-20)28(34)15-8-21-16-24(29(35)26(17-21)31(2,3)4)18-32-30-33-27(19-37-30)22-11-13-25(36-5)14-12-22/h6-19,35H,1-5H3/b15-8+,32-18?. The lowest BCUT2D eigenvalue weighted by Gasteiger charge is -2.22. The first-order chi connectivity index (χ1) is 17.6. The molecule has 0 spiro atoms. The van der Waals surface area contributed by atoms with Crippen molar-refractivity contribution in [3.8, 4) is 22.8 Å². The van der Waals surface area contributed by atoms with Gasteiger partial charge in [0.25, 0.3) is 0 Å². The maximum Gasteiger partial charge on any atom is 0.209 e. The van der Waals surface area contributed by atoms with Gasteiger partial charge in [0, 0.05) is 33.8 Å². The van der Waals surface area contributed by atoms with Crippen molar-refractivity contribution in [2.24, 2.45) is 4.99 Å². The van der Waals surface area contributed by atoms with Crippen LogP contribution < -0.4 is 4.74 Å². The molecule has 0 aliphatic heterocycles. The number of aliphatic imine (C=N–C) groups is 1. The van der Waals surface area contributed by atoms with Crippen LogP contribution in [0.1, 0.15) is 53.4 Å². The Bertz CT molecular complexity index is 1460. The van der Waals surface area contributed by atoms with Gasteiger partial charge >= 0.3 is 0 Å². The van der Waals surface area contributed by atoms with Gasteiger partial charge in [-0.1, -0.05) is 56.7 Å². The summed E-state index contributed by atoms with van der Waals surface area (Å²) in [6, 6.07) is 18.9. The lowest BCUT2D eigenvalue weighted by Crippen LogP contribution is -2.12. The van der Waals surface area contributed by atoms with E-state index >= 15 is 0 Å². The van der Waals surface area contributed by atoms with Crippen molar-refractivity contribution in [2.45, 2.75) is 33.1 Å². The number of methoxy groups -OCH3 is 1. The molecule has 6 heteroatoms. The van der Waals surface area contributed by atoms with Gasteiger partial charge in [-0.05, 0) is 60.4 Å². The van der Waals surface area contributed by atoms with Crippen LogP contribution in [0.3, 0.4) is 0 Å². The number of hydrogen-bond donors (Lipinski definition) is 1. The molecule has 0 aliphatic carbocycles. The van der Waals surface area contributed by atoms with Gasteiger partial charge in [0.15, 0.2) is 5.78 Å². The normalized spacial score (nSPS) is 11.9. The first kappa shape index (κ1) is 26.0. The summed E-state index contributed by atoms with van der Waals surface area (Å²) in [5.74, 6) is 0.886. The van der Waals surface area contributed by atoms with Crippen LogP contribution in [0.2, 0.25) is 0 Å². The summed E-state index contributed by atoms with van der Waals surface area (Å²) in [5.41, 5.74) is 5.38. The van der Waals surface area contributed by atoms with E-state index in [0.717, 1.165) is 33.7 Å². The molecular formula is C31H30N2O3S. The van der Waals surface area contributed by atoms with Gasteiger partial charge in [0.05, 0.1) is 12.8 Å². The van der Waals surface area contributed by atoms with Crippen molar-refractivity contribution < 1.29 is 14.6 Å². The smallest absolute Gasteiger partial charge is 0.209 e. The Balaban J connectivity index is 1.62. The monoisotopic (exact) mass is 510 g/mol. The van der Waals surface area contributed by atoms with Gasteiger partial charge in [0.2, 0.25) is 5.13 Å². The second-order valence-corrected chi connectivity index (χ2v) is 10.7. The Labute approximate surface area is 221 Å². The van der Waals surface area contributed by atoms with Crippen LogP contribution in [0.5, 0.6) is 11.5 Å². The van der Waals surface area contributed by atoms with Crippen LogP contribution in [0.4, 0.5) is 5.13 Å². The number of thiazole rings is 1. The predicted molar refractivity (Wildman–Crippen MR) is 153 cm³/mol. The number of ketones is 1. The number of aryl methyl sites for hydroxylation is 1. The Morgan fingerprint density at radius 2 is 1.76 bits per heavy atom. The molecule has 4 aromatic rings. The molecule has 0 radical (unpaired) electrons. The van der Waals surface area contributed by atoms with E-state index in [2.05, 4.69) is 9.98 Å². The summed E-state index contributed by atoms with van der Waals surface area (Å²) < 4.78 is 5.22. The number of phenols is 1. The highest BCUT2D eigenvalue weighted by Crippen LogP contribution is 2.35. The third-order valence-corrected chi connectivity index (χ3v) is 6.67. The number of ether oxygens (including phenoxy) is 1. The fourth-order valence-electron chi connectivity index (χ4n) is 3.78. The van der Waals surface area contributed by atoms with Crippen LogP contribution in [-0.4, -0.2) is 29.2 Å². The fraction of sp³-hybridized carbons (Fsp3) is 0.194. The molecule has 188 valence electrons.